The molecule has 0 saturated carbocycles. The number of carbonyl (C=O) groups excluding carboxylic acids is 1. The normalized spacial score (nSPS) is 12.6. The highest BCUT2D eigenvalue weighted by molar-refractivity contribution is 5.37. The first-order valence-corrected chi connectivity index (χ1v) is 3.48. The molecule has 3 nitrogen and oxygen atoms in total. The maximum atomic E-state index is 9.78. The fourth-order valence-corrected chi connectivity index (χ4v) is 0.557. The molecular formula is C7H14O3. The Morgan fingerprint density at radius 3 is 2.80 bits per heavy atom. The van der Waals surface area contributed by atoms with Gasteiger partial charge in [0.2, 0.25) is 0 Å². The lowest BCUT2D eigenvalue weighted by molar-refractivity contribution is -0.133. The van der Waals surface area contributed by atoms with E-state index in [1.807, 2.05) is 13.8 Å². The van der Waals surface area contributed by atoms with Crippen molar-refractivity contribution < 1.29 is 14.3 Å². The van der Waals surface area contributed by atoms with Crippen molar-refractivity contribution in [2.24, 2.45) is 0 Å². The molecule has 0 aliphatic carbocycles. The van der Waals surface area contributed by atoms with E-state index in [1.54, 1.807) is 0 Å². The van der Waals surface area contributed by atoms with E-state index in [1.165, 1.54) is 0 Å². The van der Waals surface area contributed by atoms with Crippen LogP contribution in [0.25, 0.3) is 0 Å². The molecule has 0 aromatic carbocycles. The summed E-state index contributed by atoms with van der Waals surface area (Å²) in [6.45, 7) is 5.62. The largest absolute Gasteiger partial charge is 0.465 e. The first-order chi connectivity index (χ1) is 4.81. The zero-order valence-corrected chi connectivity index (χ0v) is 6.50. The molecule has 0 aromatic rings. The van der Waals surface area contributed by atoms with Gasteiger partial charge in [0, 0.05) is 13.0 Å². The minimum absolute atomic E-state index is 0.0240. The van der Waals surface area contributed by atoms with Gasteiger partial charge in [0.1, 0.15) is 6.10 Å². The third kappa shape index (κ3) is 5.56. The average molecular weight is 146 g/mol. The van der Waals surface area contributed by atoms with Gasteiger partial charge in [-0.1, -0.05) is 0 Å². The Morgan fingerprint density at radius 1 is 1.60 bits per heavy atom. The van der Waals surface area contributed by atoms with Crippen molar-refractivity contribution in [2.75, 3.05) is 13.2 Å². The number of ether oxygens (including phenoxy) is 2. The SMILES string of the molecule is CCOCCC(C)OC=O. The summed E-state index contributed by atoms with van der Waals surface area (Å²) in [6, 6.07) is 0. The molecule has 0 N–H and O–H groups in total. The predicted molar refractivity (Wildman–Crippen MR) is 37.7 cm³/mol. The van der Waals surface area contributed by atoms with Crippen LogP contribution in [0.3, 0.4) is 0 Å². The van der Waals surface area contributed by atoms with Crippen LogP contribution >= 0.6 is 0 Å². The fraction of sp³-hybridized carbons (Fsp3) is 0.857. The molecule has 0 heterocycles. The van der Waals surface area contributed by atoms with E-state index in [9.17, 15) is 4.79 Å². The summed E-state index contributed by atoms with van der Waals surface area (Å²) in [5.41, 5.74) is 0. The van der Waals surface area contributed by atoms with Crippen LogP contribution < -0.4 is 0 Å². The van der Waals surface area contributed by atoms with Gasteiger partial charge in [0.25, 0.3) is 6.47 Å². The zero-order valence-electron chi connectivity index (χ0n) is 6.50. The highest BCUT2D eigenvalue weighted by Gasteiger charge is 1.99. The summed E-state index contributed by atoms with van der Waals surface area (Å²) in [5, 5.41) is 0. The molecule has 60 valence electrons. The predicted octanol–water partition coefficient (Wildman–Crippen LogP) is 0.974. The molecule has 1 atom stereocenters. The summed E-state index contributed by atoms with van der Waals surface area (Å²) >= 11 is 0. The topological polar surface area (TPSA) is 35.5 Å². The Morgan fingerprint density at radius 2 is 2.30 bits per heavy atom. The van der Waals surface area contributed by atoms with Gasteiger partial charge in [0.15, 0.2) is 0 Å². The smallest absolute Gasteiger partial charge is 0.293 e. The van der Waals surface area contributed by atoms with E-state index in [2.05, 4.69) is 4.74 Å². The fourth-order valence-electron chi connectivity index (χ4n) is 0.557. The Kier molecular flexibility index (Phi) is 6.18. The lowest BCUT2D eigenvalue weighted by Gasteiger charge is -2.07. The Bertz CT molecular complexity index is 82.9. The molecule has 0 radical (unpaired) electrons. The van der Waals surface area contributed by atoms with E-state index in [0.29, 0.717) is 19.7 Å². The maximum Gasteiger partial charge on any atom is 0.293 e. The second-order valence-corrected chi connectivity index (χ2v) is 2.03. The van der Waals surface area contributed by atoms with Crippen LogP contribution in [0.1, 0.15) is 20.3 Å². The molecule has 0 bridgehead atoms. The lowest BCUT2D eigenvalue weighted by Crippen LogP contribution is -2.10. The molecule has 10 heavy (non-hydrogen) atoms. The average Bonchev–Trinajstić information content (AvgIpc) is 1.89. The molecule has 3 heteroatoms. The van der Waals surface area contributed by atoms with Crippen molar-refractivity contribution in [1.82, 2.24) is 0 Å². The van der Waals surface area contributed by atoms with Crippen molar-refractivity contribution >= 4 is 6.47 Å². The van der Waals surface area contributed by atoms with E-state index >= 15 is 0 Å². The van der Waals surface area contributed by atoms with Crippen LogP contribution in [0.4, 0.5) is 0 Å². The standard InChI is InChI=1S/C7H14O3/c1-3-9-5-4-7(2)10-6-8/h6-7H,3-5H2,1-2H3. The molecule has 0 aliphatic rings. The van der Waals surface area contributed by atoms with Gasteiger partial charge in [-0.2, -0.15) is 0 Å². The third-order valence-corrected chi connectivity index (χ3v) is 1.16. The Labute approximate surface area is 61.3 Å². The molecule has 0 amide bonds. The van der Waals surface area contributed by atoms with Crippen LogP contribution in [-0.2, 0) is 14.3 Å². The molecule has 0 saturated heterocycles. The monoisotopic (exact) mass is 146 g/mol. The van der Waals surface area contributed by atoms with Gasteiger partial charge in [-0.25, -0.2) is 0 Å². The summed E-state index contributed by atoms with van der Waals surface area (Å²) < 4.78 is 9.68. The first-order valence-electron chi connectivity index (χ1n) is 3.48. The minimum atomic E-state index is -0.0240. The van der Waals surface area contributed by atoms with E-state index in [4.69, 9.17) is 4.74 Å². The lowest BCUT2D eigenvalue weighted by atomic mass is 10.3. The van der Waals surface area contributed by atoms with Crippen LogP contribution in [-0.4, -0.2) is 25.8 Å². The highest BCUT2D eigenvalue weighted by Crippen LogP contribution is 1.94. The van der Waals surface area contributed by atoms with Crippen molar-refractivity contribution in [3.63, 3.8) is 0 Å². The Balaban J connectivity index is 3.04. The second kappa shape index (κ2) is 6.55. The third-order valence-electron chi connectivity index (χ3n) is 1.16. The van der Waals surface area contributed by atoms with Crippen molar-refractivity contribution in [2.45, 2.75) is 26.4 Å². The summed E-state index contributed by atoms with van der Waals surface area (Å²) in [5.74, 6) is 0. The van der Waals surface area contributed by atoms with Gasteiger partial charge in [0.05, 0.1) is 6.61 Å². The summed E-state index contributed by atoms with van der Waals surface area (Å²) in [7, 11) is 0. The van der Waals surface area contributed by atoms with E-state index < -0.39 is 0 Å². The second-order valence-electron chi connectivity index (χ2n) is 2.03. The molecule has 1 unspecified atom stereocenters. The minimum Gasteiger partial charge on any atom is -0.465 e. The first kappa shape index (κ1) is 9.43. The van der Waals surface area contributed by atoms with Crippen molar-refractivity contribution in [3.8, 4) is 0 Å². The van der Waals surface area contributed by atoms with E-state index in [-0.39, 0.29) is 6.10 Å². The van der Waals surface area contributed by atoms with Crippen LogP contribution in [0.15, 0.2) is 0 Å². The van der Waals surface area contributed by atoms with Crippen LogP contribution in [0, 0.1) is 0 Å². The van der Waals surface area contributed by atoms with Gasteiger partial charge >= 0.3 is 0 Å². The summed E-state index contributed by atoms with van der Waals surface area (Å²) in [4.78, 5) is 9.78. The van der Waals surface area contributed by atoms with Gasteiger partial charge < -0.3 is 9.47 Å². The quantitative estimate of drug-likeness (QED) is 0.414. The zero-order chi connectivity index (χ0) is 7.82. The molecule has 0 aromatic heterocycles. The van der Waals surface area contributed by atoms with Gasteiger partial charge in [-0.15, -0.1) is 0 Å². The molecule has 0 spiro atoms. The van der Waals surface area contributed by atoms with E-state index in [0.717, 1.165) is 6.42 Å². The molecule has 0 aliphatic heterocycles. The van der Waals surface area contributed by atoms with Crippen molar-refractivity contribution in [1.29, 1.82) is 0 Å². The number of rotatable bonds is 6. The van der Waals surface area contributed by atoms with Crippen LogP contribution in [0.5, 0.6) is 0 Å². The maximum absolute atomic E-state index is 9.78. The molecule has 0 rings (SSSR count). The number of hydrogen-bond acceptors (Lipinski definition) is 3. The van der Waals surface area contributed by atoms with Crippen LogP contribution in [0.2, 0.25) is 0 Å². The Hall–Kier alpha value is -0.570. The molecule has 0 fully saturated rings. The van der Waals surface area contributed by atoms with Crippen molar-refractivity contribution in [3.05, 3.63) is 0 Å². The highest BCUT2D eigenvalue weighted by atomic mass is 16.5. The number of carbonyl (C=O) groups is 1. The number of hydrogen-bond donors (Lipinski definition) is 0. The van der Waals surface area contributed by atoms with Gasteiger partial charge in [-0.05, 0) is 13.8 Å². The molecular weight excluding hydrogens is 132 g/mol. The summed E-state index contributed by atoms with van der Waals surface area (Å²) in [6.07, 6.45) is 0.746. The van der Waals surface area contributed by atoms with Gasteiger partial charge in [-0.3, -0.25) is 4.79 Å².